The fourth-order valence-corrected chi connectivity index (χ4v) is 5.02. The molecule has 0 aromatic carbocycles. The molecule has 0 radical (unpaired) electrons. The Bertz CT molecular complexity index is 792. The van der Waals surface area contributed by atoms with E-state index in [4.69, 9.17) is 0 Å². The van der Waals surface area contributed by atoms with Crippen molar-refractivity contribution in [1.29, 1.82) is 0 Å². The van der Waals surface area contributed by atoms with Gasteiger partial charge in [-0.1, -0.05) is 0 Å². The molecule has 4 heterocycles. The van der Waals surface area contributed by atoms with Crippen molar-refractivity contribution in [1.82, 2.24) is 24.1 Å². The third-order valence-electron chi connectivity index (χ3n) is 5.02. The third-order valence-corrected chi connectivity index (χ3v) is 6.90. The Balaban J connectivity index is 1.43. The van der Waals surface area contributed by atoms with E-state index in [2.05, 4.69) is 20.0 Å². The van der Waals surface area contributed by atoms with E-state index in [0.717, 1.165) is 44.6 Å². The predicted octanol–water partition coefficient (Wildman–Crippen LogP) is 1.30. The van der Waals surface area contributed by atoms with Gasteiger partial charge < -0.3 is 4.90 Å². The predicted molar refractivity (Wildman–Crippen MR) is 92.7 cm³/mol. The van der Waals surface area contributed by atoms with Crippen LogP contribution in [0.25, 0.3) is 0 Å². The molecular formula is C16H22N6O2S. The van der Waals surface area contributed by atoms with Crippen molar-refractivity contribution >= 4 is 15.8 Å². The highest BCUT2D eigenvalue weighted by atomic mass is 32.2. The Kier molecular flexibility index (Phi) is 4.43. The Morgan fingerprint density at radius 2 is 1.80 bits per heavy atom. The maximum Gasteiger partial charge on any atom is 0.244 e. The van der Waals surface area contributed by atoms with E-state index in [0.29, 0.717) is 19.1 Å². The Hall–Kier alpha value is -2.00. The zero-order valence-corrected chi connectivity index (χ0v) is 14.8. The summed E-state index contributed by atoms with van der Waals surface area (Å²) in [6.07, 6.45) is 8.63. The van der Waals surface area contributed by atoms with Gasteiger partial charge in [0.2, 0.25) is 10.0 Å². The summed E-state index contributed by atoms with van der Waals surface area (Å²) >= 11 is 0. The number of sulfonamides is 1. The summed E-state index contributed by atoms with van der Waals surface area (Å²) in [5.41, 5.74) is 0. The molecule has 0 unspecified atom stereocenters. The number of piperidine rings is 1. The van der Waals surface area contributed by atoms with Gasteiger partial charge in [0, 0.05) is 32.4 Å². The molecule has 0 atom stereocenters. The molecule has 2 aromatic heterocycles. The van der Waals surface area contributed by atoms with Gasteiger partial charge in [-0.25, -0.2) is 23.1 Å². The van der Waals surface area contributed by atoms with E-state index in [9.17, 15) is 8.42 Å². The first-order valence-corrected chi connectivity index (χ1v) is 10.1. The first kappa shape index (κ1) is 16.5. The normalized spacial score (nSPS) is 20.2. The number of hydrogen-bond donors (Lipinski definition) is 0. The van der Waals surface area contributed by atoms with E-state index in [-0.39, 0.29) is 4.90 Å². The van der Waals surface area contributed by atoms with E-state index in [1.165, 1.54) is 6.20 Å². The molecular weight excluding hydrogens is 340 g/mol. The number of nitrogens with zero attached hydrogens (tertiary/aromatic N) is 6. The third kappa shape index (κ3) is 3.25. The molecule has 9 heteroatoms. The van der Waals surface area contributed by atoms with Crippen LogP contribution < -0.4 is 4.90 Å². The van der Waals surface area contributed by atoms with Crippen LogP contribution >= 0.6 is 0 Å². The van der Waals surface area contributed by atoms with E-state index >= 15 is 0 Å². The largest absolute Gasteiger partial charge is 0.356 e. The molecule has 4 rings (SSSR count). The minimum atomic E-state index is -3.39. The molecule has 0 spiro atoms. The summed E-state index contributed by atoms with van der Waals surface area (Å²) in [5.74, 6) is 0.831. The first-order chi connectivity index (χ1) is 12.1. The number of rotatable bonds is 4. The lowest BCUT2D eigenvalue weighted by Crippen LogP contribution is -2.35. The molecule has 25 heavy (non-hydrogen) atoms. The van der Waals surface area contributed by atoms with Crippen molar-refractivity contribution in [2.24, 2.45) is 0 Å². The van der Waals surface area contributed by atoms with Gasteiger partial charge in [0.15, 0.2) is 0 Å². The van der Waals surface area contributed by atoms with Gasteiger partial charge in [-0.2, -0.15) is 9.40 Å². The van der Waals surface area contributed by atoms with Crippen molar-refractivity contribution < 1.29 is 8.42 Å². The van der Waals surface area contributed by atoms with Gasteiger partial charge in [-0.15, -0.1) is 0 Å². The van der Waals surface area contributed by atoms with Crippen LogP contribution in [-0.4, -0.2) is 58.7 Å². The average molecular weight is 362 g/mol. The maximum atomic E-state index is 12.6. The summed E-state index contributed by atoms with van der Waals surface area (Å²) in [5, 5.41) is 4.21. The second-order valence-electron chi connectivity index (χ2n) is 6.56. The van der Waals surface area contributed by atoms with Crippen molar-refractivity contribution in [2.75, 3.05) is 31.1 Å². The molecule has 0 bridgehead atoms. The molecule has 0 amide bonds. The standard InChI is InChI=1S/C16H22N6O2S/c23-25(24,21-7-1-2-8-21)15-3-4-16(18-11-15)20-9-5-14(6-10-20)22-13-17-12-19-22/h3-4,11-14H,1-2,5-10H2. The molecule has 0 saturated carbocycles. The van der Waals surface area contributed by atoms with Gasteiger partial charge in [-0.05, 0) is 37.8 Å². The number of hydrogen-bond acceptors (Lipinski definition) is 6. The second-order valence-corrected chi connectivity index (χ2v) is 8.49. The zero-order valence-electron chi connectivity index (χ0n) is 14.0. The quantitative estimate of drug-likeness (QED) is 0.815. The van der Waals surface area contributed by atoms with E-state index < -0.39 is 10.0 Å². The fraction of sp³-hybridized carbons (Fsp3) is 0.562. The van der Waals surface area contributed by atoms with Crippen molar-refractivity contribution in [3.05, 3.63) is 31.0 Å². The summed E-state index contributed by atoms with van der Waals surface area (Å²) in [6.45, 7) is 2.96. The van der Waals surface area contributed by atoms with Crippen LogP contribution in [0.1, 0.15) is 31.7 Å². The molecule has 2 saturated heterocycles. The Morgan fingerprint density at radius 1 is 1.04 bits per heavy atom. The van der Waals surface area contributed by atoms with Crippen molar-refractivity contribution in [3.8, 4) is 0 Å². The van der Waals surface area contributed by atoms with Gasteiger partial charge in [0.1, 0.15) is 23.4 Å². The SMILES string of the molecule is O=S(=O)(c1ccc(N2CCC(n3cncn3)CC2)nc1)N1CCCC1. The highest BCUT2D eigenvalue weighted by molar-refractivity contribution is 7.89. The minimum absolute atomic E-state index is 0.288. The number of pyridine rings is 1. The number of aromatic nitrogens is 4. The molecule has 2 fully saturated rings. The van der Waals surface area contributed by atoms with Crippen LogP contribution in [0.2, 0.25) is 0 Å². The Morgan fingerprint density at radius 3 is 2.40 bits per heavy atom. The molecule has 0 N–H and O–H groups in total. The van der Waals surface area contributed by atoms with Gasteiger partial charge in [0.25, 0.3) is 0 Å². The summed E-state index contributed by atoms with van der Waals surface area (Å²) < 4.78 is 28.6. The second kappa shape index (κ2) is 6.72. The van der Waals surface area contributed by atoms with Gasteiger partial charge in [-0.3, -0.25) is 0 Å². The fourth-order valence-electron chi connectivity index (χ4n) is 3.56. The van der Waals surface area contributed by atoms with Crippen LogP contribution in [0.15, 0.2) is 35.9 Å². The van der Waals surface area contributed by atoms with Gasteiger partial charge in [0.05, 0.1) is 6.04 Å². The summed E-state index contributed by atoms with van der Waals surface area (Å²) in [4.78, 5) is 10.9. The smallest absolute Gasteiger partial charge is 0.244 e. The summed E-state index contributed by atoms with van der Waals surface area (Å²) in [7, 11) is -3.39. The van der Waals surface area contributed by atoms with Crippen LogP contribution in [0.5, 0.6) is 0 Å². The van der Waals surface area contributed by atoms with Crippen LogP contribution in [0.4, 0.5) is 5.82 Å². The number of anilines is 1. The minimum Gasteiger partial charge on any atom is -0.356 e. The van der Waals surface area contributed by atoms with Crippen molar-refractivity contribution in [2.45, 2.75) is 36.6 Å². The summed E-state index contributed by atoms with van der Waals surface area (Å²) in [6, 6.07) is 3.87. The topological polar surface area (TPSA) is 84.2 Å². The highest BCUT2D eigenvalue weighted by Gasteiger charge is 2.28. The zero-order chi connectivity index (χ0) is 17.3. The monoisotopic (exact) mass is 362 g/mol. The van der Waals surface area contributed by atoms with Crippen LogP contribution in [-0.2, 0) is 10.0 Å². The van der Waals surface area contributed by atoms with E-state index in [1.807, 2.05) is 10.7 Å². The first-order valence-electron chi connectivity index (χ1n) is 8.70. The molecule has 8 nitrogen and oxygen atoms in total. The molecule has 2 aliphatic heterocycles. The lowest BCUT2D eigenvalue weighted by molar-refractivity contribution is 0.365. The molecule has 2 aliphatic rings. The molecule has 2 aromatic rings. The van der Waals surface area contributed by atoms with Gasteiger partial charge >= 0.3 is 0 Å². The maximum absolute atomic E-state index is 12.6. The van der Waals surface area contributed by atoms with E-state index in [1.54, 1.807) is 23.0 Å². The molecule has 134 valence electrons. The highest BCUT2D eigenvalue weighted by Crippen LogP contribution is 2.26. The van der Waals surface area contributed by atoms with Crippen LogP contribution in [0.3, 0.4) is 0 Å². The van der Waals surface area contributed by atoms with Crippen LogP contribution in [0, 0.1) is 0 Å². The lowest BCUT2D eigenvalue weighted by Gasteiger charge is -2.32. The van der Waals surface area contributed by atoms with Crippen molar-refractivity contribution in [3.63, 3.8) is 0 Å². The Labute approximate surface area is 147 Å². The average Bonchev–Trinajstić information content (AvgIpc) is 3.36. The molecule has 0 aliphatic carbocycles. The lowest BCUT2D eigenvalue weighted by atomic mass is 10.1.